The molecule has 1 amide bonds. The van der Waals surface area contributed by atoms with Crippen LogP contribution in [0, 0.1) is 5.41 Å². The molecular formula is C15H22N2O3. The van der Waals surface area contributed by atoms with Crippen molar-refractivity contribution in [2.24, 2.45) is 5.41 Å². The predicted molar refractivity (Wildman–Crippen MR) is 73.4 cm³/mol. The Bertz CT molecular complexity index is 489. The molecule has 1 atom stereocenters. The van der Waals surface area contributed by atoms with E-state index < -0.39 is 0 Å². The monoisotopic (exact) mass is 278 g/mol. The maximum atomic E-state index is 12.7. The first kappa shape index (κ1) is 13.6. The summed E-state index contributed by atoms with van der Waals surface area (Å²) in [5, 5.41) is 9.65. The summed E-state index contributed by atoms with van der Waals surface area (Å²) < 4.78 is 5.40. The van der Waals surface area contributed by atoms with Crippen molar-refractivity contribution in [1.82, 2.24) is 9.88 Å². The van der Waals surface area contributed by atoms with E-state index in [0.717, 1.165) is 44.4 Å². The van der Waals surface area contributed by atoms with Crippen molar-refractivity contribution in [3.8, 4) is 0 Å². The van der Waals surface area contributed by atoms with Crippen molar-refractivity contribution in [1.29, 1.82) is 0 Å². The molecule has 0 bridgehead atoms. The zero-order valence-electron chi connectivity index (χ0n) is 12.0. The van der Waals surface area contributed by atoms with Gasteiger partial charge in [-0.15, -0.1) is 0 Å². The van der Waals surface area contributed by atoms with Crippen LogP contribution in [0.4, 0.5) is 0 Å². The average molecular weight is 278 g/mol. The molecule has 2 heterocycles. The fourth-order valence-electron chi connectivity index (χ4n) is 3.11. The molecule has 1 aromatic rings. The van der Waals surface area contributed by atoms with Crippen molar-refractivity contribution in [2.75, 3.05) is 19.7 Å². The van der Waals surface area contributed by atoms with Crippen molar-refractivity contribution in [2.45, 2.75) is 44.9 Å². The Morgan fingerprint density at radius 1 is 1.60 bits per heavy atom. The number of hydrogen-bond donors (Lipinski definition) is 1. The zero-order chi connectivity index (χ0) is 14.2. The van der Waals surface area contributed by atoms with Gasteiger partial charge < -0.3 is 14.4 Å². The highest BCUT2D eigenvalue weighted by Crippen LogP contribution is 2.42. The normalized spacial score (nSPS) is 26.8. The van der Waals surface area contributed by atoms with Gasteiger partial charge in [-0.05, 0) is 32.1 Å². The second-order valence-electron chi connectivity index (χ2n) is 6.18. The molecule has 2 aliphatic rings. The molecule has 110 valence electrons. The minimum Gasteiger partial charge on any atom is -0.447 e. The fraction of sp³-hybridized carbons (Fsp3) is 0.733. The third kappa shape index (κ3) is 2.35. The minimum atomic E-state index is -0.141. The molecule has 0 radical (unpaired) electrons. The van der Waals surface area contributed by atoms with E-state index in [4.69, 9.17) is 4.42 Å². The second kappa shape index (κ2) is 5.20. The lowest BCUT2D eigenvalue weighted by molar-refractivity contribution is 0.0247. The van der Waals surface area contributed by atoms with Crippen LogP contribution in [0.1, 0.15) is 61.2 Å². The summed E-state index contributed by atoms with van der Waals surface area (Å²) in [6, 6.07) is 0. The summed E-state index contributed by atoms with van der Waals surface area (Å²) in [5.41, 5.74) is 0.342. The molecule has 5 nitrogen and oxygen atoms in total. The van der Waals surface area contributed by atoms with Crippen LogP contribution in [0.3, 0.4) is 0 Å². The van der Waals surface area contributed by atoms with E-state index >= 15 is 0 Å². The van der Waals surface area contributed by atoms with Crippen molar-refractivity contribution < 1.29 is 14.3 Å². The quantitative estimate of drug-likeness (QED) is 0.916. The number of aliphatic hydroxyl groups excluding tert-OH is 1. The van der Waals surface area contributed by atoms with E-state index in [1.165, 1.54) is 6.39 Å². The van der Waals surface area contributed by atoms with E-state index in [-0.39, 0.29) is 17.9 Å². The molecule has 20 heavy (non-hydrogen) atoms. The van der Waals surface area contributed by atoms with Gasteiger partial charge in [-0.2, -0.15) is 0 Å². The summed E-state index contributed by atoms with van der Waals surface area (Å²) >= 11 is 0. The summed E-state index contributed by atoms with van der Waals surface area (Å²) in [7, 11) is 0. The van der Waals surface area contributed by atoms with Gasteiger partial charge in [-0.3, -0.25) is 4.79 Å². The Morgan fingerprint density at radius 2 is 2.40 bits per heavy atom. The van der Waals surface area contributed by atoms with Gasteiger partial charge in [0, 0.05) is 24.4 Å². The SMILES string of the molecule is CC[C@@]1(CO)CCCN(C(=O)c2ncoc2C2CC2)C1. The van der Waals surface area contributed by atoms with E-state index in [0.29, 0.717) is 18.2 Å². The summed E-state index contributed by atoms with van der Waals surface area (Å²) in [4.78, 5) is 18.6. The van der Waals surface area contributed by atoms with E-state index in [9.17, 15) is 9.90 Å². The number of carbonyl (C=O) groups is 1. The maximum Gasteiger partial charge on any atom is 0.276 e. The molecule has 2 fully saturated rings. The smallest absolute Gasteiger partial charge is 0.276 e. The summed E-state index contributed by atoms with van der Waals surface area (Å²) in [6.07, 6.45) is 6.37. The number of piperidine rings is 1. The van der Waals surface area contributed by atoms with Gasteiger partial charge in [-0.1, -0.05) is 6.92 Å². The highest BCUT2D eigenvalue weighted by molar-refractivity contribution is 5.93. The van der Waals surface area contributed by atoms with Crippen LogP contribution >= 0.6 is 0 Å². The van der Waals surface area contributed by atoms with E-state index in [1.807, 2.05) is 4.90 Å². The van der Waals surface area contributed by atoms with Crippen LogP contribution in [0.2, 0.25) is 0 Å². The Kier molecular flexibility index (Phi) is 3.54. The van der Waals surface area contributed by atoms with Crippen LogP contribution in [0.25, 0.3) is 0 Å². The van der Waals surface area contributed by atoms with Gasteiger partial charge in [0.05, 0.1) is 6.61 Å². The average Bonchev–Trinajstić information content (AvgIpc) is 3.23. The van der Waals surface area contributed by atoms with Crippen LogP contribution in [0.15, 0.2) is 10.8 Å². The Balaban J connectivity index is 1.78. The number of aromatic nitrogens is 1. The number of hydrogen-bond acceptors (Lipinski definition) is 4. The van der Waals surface area contributed by atoms with Gasteiger partial charge in [0.25, 0.3) is 5.91 Å². The van der Waals surface area contributed by atoms with Gasteiger partial charge in [0.15, 0.2) is 12.1 Å². The van der Waals surface area contributed by atoms with Gasteiger partial charge in [0.1, 0.15) is 5.76 Å². The van der Waals surface area contributed by atoms with Crippen molar-refractivity contribution in [3.63, 3.8) is 0 Å². The highest BCUT2D eigenvalue weighted by atomic mass is 16.3. The lowest BCUT2D eigenvalue weighted by Crippen LogP contribution is -2.47. The molecule has 3 rings (SSSR count). The molecule has 1 saturated heterocycles. The molecule has 1 saturated carbocycles. The van der Waals surface area contributed by atoms with Crippen LogP contribution < -0.4 is 0 Å². The number of likely N-dealkylation sites (tertiary alicyclic amines) is 1. The van der Waals surface area contributed by atoms with E-state index in [1.54, 1.807) is 0 Å². The molecule has 1 N–H and O–H groups in total. The second-order valence-corrected chi connectivity index (χ2v) is 6.18. The zero-order valence-corrected chi connectivity index (χ0v) is 12.0. The minimum absolute atomic E-state index is 0.0355. The third-order valence-electron chi connectivity index (χ3n) is 4.78. The maximum absolute atomic E-state index is 12.7. The van der Waals surface area contributed by atoms with Crippen molar-refractivity contribution >= 4 is 5.91 Å². The summed E-state index contributed by atoms with van der Waals surface area (Å²) in [5.74, 6) is 1.10. The number of aliphatic hydroxyl groups is 1. The molecule has 1 aromatic heterocycles. The molecule has 0 aromatic carbocycles. The molecule has 1 aliphatic heterocycles. The molecule has 5 heteroatoms. The number of amides is 1. The molecule has 1 aliphatic carbocycles. The number of oxazole rings is 1. The number of rotatable bonds is 4. The highest BCUT2D eigenvalue weighted by Gasteiger charge is 2.38. The van der Waals surface area contributed by atoms with Gasteiger partial charge >= 0.3 is 0 Å². The first-order valence-corrected chi connectivity index (χ1v) is 7.52. The van der Waals surface area contributed by atoms with E-state index in [2.05, 4.69) is 11.9 Å². The van der Waals surface area contributed by atoms with Crippen LogP contribution in [-0.2, 0) is 0 Å². The molecule has 0 spiro atoms. The summed E-state index contributed by atoms with van der Waals surface area (Å²) in [6.45, 7) is 3.59. The van der Waals surface area contributed by atoms with Gasteiger partial charge in [-0.25, -0.2) is 4.98 Å². The predicted octanol–water partition coefficient (Wildman–Crippen LogP) is 2.18. The number of carbonyl (C=O) groups excluding carboxylic acids is 1. The molecular weight excluding hydrogens is 256 g/mol. The Morgan fingerprint density at radius 3 is 3.05 bits per heavy atom. The first-order chi connectivity index (χ1) is 9.69. The van der Waals surface area contributed by atoms with Crippen molar-refractivity contribution in [3.05, 3.63) is 17.8 Å². The lowest BCUT2D eigenvalue weighted by Gasteiger charge is -2.41. The van der Waals surface area contributed by atoms with Gasteiger partial charge in [0.2, 0.25) is 0 Å². The fourth-order valence-corrected chi connectivity index (χ4v) is 3.11. The molecule has 0 unspecified atom stereocenters. The van der Waals surface area contributed by atoms with Crippen LogP contribution in [0.5, 0.6) is 0 Å². The topological polar surface area (TPSA) is 66.6 Å². The van der Waals surface area contributed by atoms with Crippen LogP contribution in [-0.4, -0.2) is 40.6 Å². The number of nitrogens with zero attached hydrogens (tertiary/aromatic N) is 2. The largest absolute Gasteiger partial charge is 0.447 e. The lowest BCUT2D eigenvalue weighted by atomic mass is 9.78. The Hall–Kier alpha value is -1.36. The standard InChI is InChI=1S/C15H22N2O3/c1-2-15(9-18)6-3-7-17(8-15)14(19)12-13(11-4-5-11)20-10-16-12/h10-11,18H,2-9H2,1H3/t15-/m1/s1. The Labute approximate surface area is 119 Å². The first-order valence-electron chi connectivity index (χ1n) is 7.52. The third-order valence-corrected chi connectivity index (χ3v) is 4.78.